The molecule has 0 aliphatic heterocycles. The number of methoxy groups -OCH3 is 1. The second-order valence-electron chi connectivity index (χ2n) is 5.75. The molecular formula is C18H18N5O2Se. The van der Waals surface area contributed by atoms with Gasteiger partial charge in [0, 0.05) is 0 Å². The number of hydrogen-bond donors (Lipinski definition) is 1. The van der Waals surface area contributed by atoms with Gasteiger partial charge in [0.15, 0.2) is 0 Å². The molecule has 0 saturated carbocycles. The van der Waals surface area contributed by atoms with E-state index in [-0.39, 0.29) is 5.91 Å². The van der Waals surface area contributed by atoms with E-state index in [2.05, 4.69) is 20.4 Å². The summed E-state index contributed by atoms with van der Waals surface area (Å²) in [4.78, 5) is 15.9. The number of nitrogens with one attached hydrogen (secondary N) is 1. The Balaban J connectivity index is 2.35. The molecule has 1 radical (unpaired) electrons. The molecule has 0 aromatic heterocycles. The van der Waals surface area contributed by atoms with Crippen molar-refractivity contribution in [2.75, 3.05) is 12.4 Å². The predicted octanol–water partition coefficient (Wildman–Crippen LogP) is 3.49. The Labute approximate surface area is 156 Å². The normalized spacial score (nSPS) is 10.6. The van der Waals surface area contributed by atoms with Gasteiger partial charge in [-0.1, -0.05) is 0 Å². The Morgan fingerprint density at radius 3 is 2.50 bits per heavy atom. The van der Waals surface area contributed by atoms with Crippen molar-refractivity contribution < 1.29 is 9.53 Å². The molecule has 0 aliphatic rings. The number of anilines is 1. The van der Waals surface area contributed by atoms with Crippen LogP contribution < -0.4 is 14.5 Å². The molecule has 0 fully saturated rings. The second-order valence-corrected chi connectivity index (χ2v) is 10.4. The number of rotatable bonds is 6. The van der Waals surface area contributed by atoms with Gasteiger partial charge in [0.05, 0.1) is 0 Å². The second kappa shape index (κ2) is 8.41. The van der Waals surface area contributed by atoms with Crippen molar-refractivity contribution in [2.24, 2.45) is 4.13 Å². The van der Waals surface area contributed by atoms with E-state index >= 15 is 0 Å². The fourth-order valence-electron chi connectivity index (χ4n) is 2.24. The number of hydrogen-bond acceptors (Lipinski definition) is 4. The van der Waals surface area contributed by atoms with Crippen LogP contribution in [-0.4, -0.2) is 27.1 Å². The van der Waals surface area contributed by atoms with E-state index < -0.39 is 18.4 Å². The Hall–Kier alpha value is -2.97. The topological polar surface area (TPSA) is 111 Å². The minimum atomic E-state index is -2.23. The first-order valence-electron chi connectivity index (χ1n) is 7.68. The maximum absolute atomic E-state index is 12.9. The van der Waals surface area contributed by atoms with Crippen molar-refractivity contribution in [3.8, 4) is 11.8 Å². The summed E-state index contributed by atoms with van der Waals surface area (Å²) in [5.41, 5.74) is 9.82. The van der Waals surface area contributed by atoms with Crippen LogP contribution in [-0.2, 0) is 4.79 Å². The molecule has 2 aromatic rings. The molecule has 0 unspecified atom stereocenters. The van der Waals surface area contributed by atoms with Gasteiger partial charge in [0.1, 0.15) is 0 Å². The zero-order valence-corrected chi connectivity index (χ0v) is 16.3. The van der Waals surface area contributed by atoms with Crippen molar-refractivity contribution in [3.63, 3.8) is 0 Å². The number of carbonyl (C=O) groups is 1. The van der Waals surface area contributed by atoms with Crippen LogP contribution in [0.2, 0.25) is 4.31 Å². The van der Waals surface area contributed by atoms with Crippen molar-refractivity contribution in [2.45, 2.75) is 18.2 Å². The van der Waals surface area contributed by atoms with E-state index in [4.69, 9.17) is 10.3 Å². The van der Waals surface area contributed by atoms with Crippen LogP contribution in [0.3, 0.4) is 0 Å². The first kappa shape index (κ1) is 19.4. The van der Waals surface area contributed by atoms with Gasteiger partial charge in [-0.25, -0.2) is 0 Å². The van der Waals surface area contributed by atoms with Crippen LogP contribution in [0.4, 0.5) is 5.69 Å². The summed E-state index contributed by atoms with van der Waals surface area (Å²) in [6, 6.07) is 16.0. The molecule has 26 heavy (non-hydrogen) atoms. The average molecular weight is 415 g/mol. The third-order valence-corrected chi connectivity index (χ3v) is 8.15. The van der Waals surface area contributed by atoms with Crippen LogP contribution in [0.1, 0.15) is 19.4 Å². The van der Waals surface area contributed by atoms with E-state index in [9.17, 15) is 10.1 Å². The molecule has 0 spiro atoms. The summed E-state index contributed by atoms with van der Waals surface area (Å²) < 4.78 is 9.00. The molecule has 8 heteroatoms. The molecule has 1 N–H and O–H groups in total. The fourth-order valence-corrected chi connectivity index (χ4v) is 5.55. The number of carbonyl (C=O) groups excluding carboxylic acids is 1. The minimum absolute atomic E-state index is 0.298. The molecular weight excluding hydrogens is 397 g/mol. The molecule has 0 bridgehead atoms. The first-order valence-corrected chi connectivity index (χ1v) is 10.2. The zero-order valence-electron chi connectivity index (χ0n) is 14.6. The summed E-state index contributed by atoms with van der Waals surface area (Å²) in [5, 5.41) is 12.0. The third kappa shape index (κ3) is 4.16. The van der Waals surface area contributed by atoms with Gasteiger partial charge in [0.25, 0.3) is 0 Å². The SMILES string of the molecule is COc1ccc([Se](N=[N+]=[N-])C(C)(C)C(=O)Nc2ccccc2C#N)cc1. The van der Waals surface area contributed by atoms with Crippen molar-refractivity contribution in [1.82, 2.24) is 0 Å². The number of para-hydroxylation sites is 1. The Morgan fingerprint density at radius 2 is 1.92 bits per heavy atom. The van der Waals surface area contributed by atoms with E-state index in [0.29, 0.717) is 17.0 Å². The summed E-state index contributed by atoms with van der Waals surface area (Å²) in [7, 11) is 1.57. The third-order valence-electron chi connectivity index (χ3n) is 3.73. The van der Waals surface area contributed by atoms with E-state index in [1.165, 1.54) is 0 Å². The standard InChI is InChI=1S/C18H18N5O2Se/c1-18(2,17(24)21-16-7-5-4-6-13(16)12-19)26(23-22-20)15-10-8-14(25-3)9-11-15/h4-11H,1-3H3,(H,21,24). The molecule has 1 amide bonds. The monoisotopic (exact) mass is 416 g/mol. The van der Waals surface area contributed by atoms with Crippen LogP contribution in [0.15, 0.2) is 52.7 Å². The number of ether oxygens (including phenoxy) is 1. The molecule has 7 nitrogen and oxygen atoms in total. The molecule has 2 aromatic carbocycles. The van der Waals surface area contributed by atoms with Crippen molar-refractivity contribution in [3.05, 3.63) is 64.5 Å². The van der Waals surface area contributed by atoms with Crippen LogP contribution in [0, 0.1) is 11.3 Å². The number of amides is 1. The number of nitrogens with zero attached hydrogens (tertiary/aromatic N) is 4. The zero-order chi connectivity index (χ0) is 19.2. The van der Waals surface area contributed by atoms with Crippen LogP contribution >= 0.6 is 0 Å². The Morgan fingerprint density at radius 1 is 1.27 bits per heavy atom. The van der Waals surface area contributed by atoms with Gasteiger partial charge in [-0.05, 0) is 0 Å². The molecule has 133 valence electrons. The van der Waals surface area contributed by atoms with Gasteiger partial charge in [-0.15, -0.1) is 0 Å². The van der Waals surface area contributed by atoms with E-state index in [1.807, 2.05) is 12.1 Å². The first-order chi connectivity index (χ1) is 12.4. The fraction of sp³-hybridized carbons (Fsp3) is 0.222. The Bertz CT molecular complexity index is 883. The van der Waals surface area contributed by atoms with Gasteiger partial charge < -0.3 is 0 Å². The average Bonchev–Trinajstić information content (AvgIpc) is 2.66. The number of nitriles is 1. The molecule has 0 heterocycles. The molecule has 2 rings (SSSR count). The number of benzene rings is 2. The van der Waals surface area contributed by atoms with Gasteiger partial charge in [-0.2, -0.15) is 0 Å². The molecule has 0 atom stereocenters. The molecule has 0 saturated heterocycles. The predicted molar refractivity (Wildman–Crippen MR) is 101 cm³/mol. The molecule has 0 aliphatic carbocycles. The van der Waals surface area contributed by atoms with Crippen molar-refractivity contribution in [1.29, 1.82) is 5.26 Å². The van der Waals surface area contributed by atoms with Crippen LogP contribution in [0.5, 0.6) is 5.75 Å². The van der Waals surface area contributed by atoms with Crippen LogP contribution in [0.25, 0.3) is 10.4 Å². The van der Waals surface area contributed by atoms with Gasteiger partial charge in [-0.3, -0.25) is 0 Å². The number of azide groups is 1. The Kier molecular flexibility index (Phi) is 6.26. The quantitative estimate of drug-likeness (QED) is 0.337. The maximum atomic E-state index is 12.9. The van der Waals surface area contributed by atoms with Gasteiger partial charge in [0.2, 0.25) is 0 Å². The van der Waals surface area contributed by atoms with Crippen molar-refractivity contribution >= 4 is 30.2 Å². The van der Waals surface area contributed by atoms with E-state index in [1.54, 1.807) is 57.4 Å². The summed E-state index contributed by atoms with van der Waals surface area (Å²) in [6.45, 7) is 3.50. The summed E-state index contributed by atoms with van der Waals surface area (Å²) >= 11 is -2.23. The summed E-state index contributed by atoms with van der Waals surface area (Å²) in [6.07, 6.45) is 0. The van der Waals surface area contributed by atoms with Gasteiger partial charge >= 0.3 is 156 Å². The van der Waals surface area contributed by atoms with E-state index in [0.717, 1.165) is 4.46 Å². The summed E-state index contributed by atoms with van der Waals surface area (Å²) in [5.74, 6) is 0.388.